The van der Waals surface area contributed by atoms with Gasteiger partial charge in [-0.3, -0.25) is 9.48 Å². The molecule has 1 aliphatic heterocycles. The van der Waals surface area contributed by atoms with Crippen molar-refractivity contribution < 1.29 is 13.9 Å². The minimum Gasteiger partial charge on any atom is -0.376 e. The molecule has 0 bridgehead atoms. The molecule has 0 atom stereocenters. The second-order valence-electron chi connectivity index (χ2n) is 7.33. The number of carbonyl (C=O) groups excluding carboxylic acids is 1. The lowest BCUT2D eigenvalue weighted by Crippen LogP contribution is -2.23. The van der Waals surface area contributed by atoms with Crippen molar-refractivity contribution in [3.05, 3.63) is 51.6 Å². The maximum absolute atomic E-state index is 13.2. The third-order valence-electron chi connectivity index (χ3n) is 5.17. The van der Waals surface area contributed by atoms with Crippen LogP contribution in [0.25, 0.3) is 0 Å². The van der Waals surface area contributed by atoms with Gasteiger partial charge in [0.05, 0.1) is 23.9 Å². The Hall–Kier alpha value is -1.92. The third-order valence-corrected chi connectivity index (χ3v) is 5.46. The maximum atomic E-state index is 13.2. The molecule has 1 aromatic heterocycles. The molecule has 2 aliphatic rings. The molecular formula is C20H23ClFN3O2. The standard InChI is InChI=1S/C20H23ClFN3O2/c21-16-9-14(3-4-17(16)22)10-23-20(26)6-5-18-15-12-27-8-7-19(15)25(24-18)11-13-1-2-13/h3-4,9,13H,1-2,5-8,10-12H2,(H,23,26). The van der Waals surface area contributed by atoms with Crippen LogP contribution in [-0.2, 0) is 42.1 Å². The van der Waals surface area contributed by atoms with Crippen LogP contribution in [0, 0.1) is 11.7 Å². The van der Waals surface area contributed by atoms with E-state index < -0.39 is 5.82 Å². The molecule has 27 heavy (non-hydrogen) atoms. The largest absolute Gasteiger partial charge is 0.376 e. The topological polar surface area (TPSA) is 56.2 Å². The fourth-order valence-corrected chi connectivity index (χ4v) is 3.65. The highest BCUT2D eigenvalue weighted by Crippen LogP contribution is 2.32. The van der Waals surface area contributed by atoms with Crippen LogP contribution in [0.4, 0.5) is 4.39 Å². The zero-order chi connectivity index (χ0) is 18.8. The van der Waals surface area contributed by atoms with E-state index in [1.54, 1.807) is 6.07 Å². The fourth-order valence-electron chi connectivity index (χ4n) is 3.45. The van der Waals surface area contributed by atoms with E-state index in [9.17, 15) is 9.18 Å². The summed E-state index contributed by atoms with van der Waals surface area (Å²) in [7, 11) is 0. The zero-order valence-corrected chi connectivity index (χ0v) is 15.9. The molecule has 5 nitrogen and oxygen atoms in total. The second kappa shape index (κ2) is 7.98. The summed E-state index contributed by atoms with van der Waals surface area (Å²) in [4.78, 5) is 12.2. The Bertz CT molecular complexity index is 848. The summed E-state index contributed by atoms with van der Waals surface area (Å²) in [5, 5.41) is 7.70. The van der Waals surface area contributed by atoms with Gasteiger partial charge in [0.15, 0.2) is 0 Å². The van der Waals surface area contributed by atoms with Gasteiger partial charge >= 0.3 is 0 Å². The van der Waals surface area contributed by atoms with E-state index in [0.29, 0.717) is 26.0 Å². The molecule has 0 radical (unpaired) electrons. The number of nitrogens with one attached hydrogen (secondary N) is 1. The number of amides is 1. The van der Waals surface area contributed by atoms with E-state index >= 15 is 0 Å². The second-order valence-corrected chi connectivity index (χ2v) is 7.73. The van der Waals surface area contributed by atoms with Crippen molar-refractivity contribution in [2.45, 2.75) is 51.8 Å². The highest BCUT2D eigenvalue weighted by molar-refractivity contribution is 6.30. The quantitative estimate of drug-likeness (QED) is 0.787. The molecule has 1 fully saturated rings. The summed E-state index contributed by atoms with van der Waals surface area (Å²) in [5.41, 5.74) is 4.20. The SMILES string of the molecule is O=C(CCc1nn(CC2CC2)c2c1COCC2)NCc1ccc(F)c(Cl)c1. The number of hydrogen-bond acceptors (Lipinski definition) is 3. The van der Waals surface area contributed by atoms with E-state index in [1.807, 2.05) is 0 Å². The summed E-state index contributed by atoms with van der Waals surface area (Å²) in [5.74, 6) is 0.244. The first kappa shape index (κ1) is 18.4. The smallest absolute Gasteiger partial charge is 0.220 e. The van der Waals surface area contributed by atoms with Crippen molar-refractivity contribution >= 4 is 17.5 Å². The Morgan fingerprint density at radius 2 is 2.26 bits per heavy atom. The summed E-state index contributed by atoms with van der Waals surface area (Å²) in [6, 6.07) is 4.46. The average Bonchev–Trinajstić information content (AvgIpc) is 3.42. The molecule has 0 saturated heterocycles. The van der Waals surface area contributed by atoms with Crippen LogP contribution >= 0.6 is 11.6 Å². The molecule has 2 aromatic rings. The van der Waals surface area contributed by atoms with E-state index in [4.69, 9.17) is 21.4 Å². The Balaban J connectivity index is 1.34. The first-order valence-electron chi connectivity index (χ1n) is 9.46. The van der Waals surface area contributed by atoms with Gasteiger partial charge in [-0.1, -0.05) is 17.7 Å². The van der Waals surface area contributed by atoms with Crippen LogP contribution in [0.15, 0.2) is 18.2 Å². The summed E-state index contributed by atoms with van der Waals surface area (Å²) >= 11 is 5.77. The highest BCUT2D eigenvalue weighted by atomic mass is 35.5. The van der Waals surface area contributed by atoms with Gasteiger partial charge in [0.25, 0.3) is 0 Å². The van der Waals surface area contributed by atoms with Gasteiger partial charge in [-0.15, -0.1) is 0 Å². The van der Waals surface area contributed by atoms with Gasteiger partial charge in [-0.05, 0) is 36.5 Å². The van der Waals surface area contributed by atoms with E-state index in [2.05, 4.69) is 10.00 Å². The predicted molar refractivity (Wildman–Crippen MR) is 99.9 cm³/mol. The van der Waals surface area contributed by atoms with Gasteiger partial charge in [-0.2, -0.15) is 5.10 Å². The number of rotatable bonds is 7. The molecule has 0 unspecified atom stereocenters. The van der Waals surface area contributed by atoms with Gasteiger partial charge in [0.1, 0.15) is 5.82 Å². The van der Waals surface area contributed by atoms with Crippen LogP contribution in [0.1, 0.15) is 41.8 Å². The number of benzene rings is 1. The van der Waals surface area contributed by atoms with Crippen LogP contribution in [0.3, 0.4) is 0 Å². The van der Waals surface area contributed by atoms with Crippen molar-refractivity contribution in [3.8, 4) is 0 Å². The minimum atomic E-state index is -0.458. The number of aromatic nitrogens is 2. The van der Waals surface area contributed by atoms with E-state index in [0.717, 1.165) is 36.7 Å². The summed E-state index contributed by atoms with van der Waals surface area (Å²) in [6.45, 7) is 2.64. The van der Waals surface area contributed by atoms with Gasteiger partial charge < -0.3 is 10.1 Å². The molecule has 0 spiro atoms. The normalized spacial score (nSPS) is 16.2. The average molecular weight is 392 g/mol. The molecule has 1 aromatic carbocycles. The lowest BCUT2D eigenvalue weighted by molar-refractivity contribution is -0.121. The molecular weight excluding hydrogens is 369 g/mol. The lowest BCUT2D eigenvalue weighted by atomic mass is 10.1. The highest BCUT2D eigenvalue weighted by Gasteiger charge is 2.27. The number of aryl methyl sites for hydroxylation is 1. The van der Waals surface area contributed by atoms with Crippen LogP contribution in [0.2, 0.25) is 5.02 Å². The number of fused-ring (bicyclic) bond motifs is 1. The van der Waals surface area contributed by atoms with Gasteiger partial charge in [0, 0.05) is 43.6 Å². The van der Waals surface area contributed by atoms with Gasteiger partial charge in [-0.25, -0.2) is 4.39 Å². The number of halogens is 2. The van der Waals surface area contributed by atoms with Crippen LogP contribution < -0.4 is 5.32 Å². The first-order chi connectivity index (χ1) is 13.1. The zero-order valence-electron chi connectivity index (χ0n) is 15.1. The first-order valence-corrected chi connectivity index (χ1v) is 9.83. The van der Waals surface area contributed by atoms with Crippen molar-refractivity contribution in [3.63, 3.8) is 0 Å². The maximum Gasteiger partial charge on any atom is 0.220 e. The van der Waals surface area contributed by atoms with Crippen molar-refractivity contribution in [1.29, 1.82) is 0 Å². The molecule has 1 amide bonds. The Labute approximate surface area is 162 Å². The number of nitrogens with zero attached hydrogens (tertiary/aromatic N) is 2. The van der Waals surface area contributed by atoms with Gasteiger partial charge in [0.2, 0.25) is 5.91 Å². The molecule has 1 saturated carbocycles. The molecule has 7 heteroatoms. The third kappa shape index (κ3) is 4.50. The van der Waals surface area contributed by atoms with Crippen LogP contribution in [-0.4, -0.2) is 22.3 Å². The molecule has 2 heterocycles. The Kier molecular flexibility index (Phi) is 5.45. The number of hydrogen-bond donors (Lipinski definition) is 1. The molecule has 4 rings (SSSR count). The molecule has 1 N–H and O–H groups in total. The summed E-state index contributed by atoms with van der Waals surface area (Å²) in [6.07, 6.45) is 4.43. The minimum absolute atomic E-state index is 0.0577. The predicted octanol–water partition coefficient (Wildman–Crippen LogP) is 3.41. The number of carbonyl (C=O) groups is 1. The van der Waals surface area contributed by atoms with Crippen molar-refractivity contribution in [2.24, 2.45) is 5.92 Å². The lowest BCUT2D eigenvalue weighted by Gasteiger charge is -2.15. The Morgan fingerprint density at radius 3 is 3.04 bits per heavy atom. The van der Waals surface area contributed by atoms with E-state index in [1.165, 1.54) is 36.2 Å². The fraction of sp³-hybridized carbons (Fsp3) is 0.500. The van der Waals surface area contributed by atoms with Crippen molar-refractivity contribution in [1.82, 2.24) is 15.1 Å². The van der Waals surface area contributed by atoms with Crippen molar-refractivity contribution in [2.75, 3.05) is 6.61 Å². The van der Waals surface area contributed by atoms with E-state index in [-0.39, 0.29) is 10.9 Å². The Morgan fingerprint density at radius 1 is 1.41 bits per heavy atom. The monoisotopic (exact) mass is 391 g/mol. The van der Waals surface area contributed by atoms with Crippen LogP contribution in [0.5, 0.6) is 0 Å². The molecule has 1 aliphatic carbocycles. The number of ether oxygens (including phenoxy) is 1. The molecule has 144 valence electrons. The summed E-state index contributed by atoms with van der Waals surface area (Å²) < 4.78 is 20.9.